The van der Waals surface area contributed by atoms with Gasteiger partial charge in [-0.3, -0.25) is 14.6 Å². The first-order chi connectivity index (χ1) is 26.5. The molecule has 1 unspecified atom stereocenters. The molecule has 0 aromatic heterocycles. The van der Waals surface area contributed by atoms with Crippen molar-refractivity contribution in [3.8, 4) is 5.75 Å². The van der Waals surface area contributed by atoms with Crippen LogP contribution < -0.4 is 14.4 Å². The Bertz CT molecular complexity index is 1880. The van der Waals surface area contributed by atoms with E-state index in [0.717, 1.165) is 95.3 Å². The Morgan fingerprint density at radius 3 is 2.75 bits per heavy atom. The van der Waals surface area contributed by atoms with Gasteiger partial charge in [0.2, 0.25) is 10.0 Å². The molecule has 1 amide bonds. The number of anilines is 1. The molecule has 2 aromatic rings. The van der Waals surface area contributed by atoms with Crippen LogP contribution in [0.3, 0.4) is 0 Å². The van der Waals surface area contributed by atoms with E-state index in [2.05, 4.69) is 43.7 Å². The molecule has 13 heteroatoms. The first kappa shape index (κ1) is 39.1. The third-order valence-corrected chi connectivity index (χ3v) is 15.8. The van der Waals surface area contributed by atoms with Crippen LogP contribution in [0.25, 0.3) is 0 Å². The van der Waals surface area contributed by atoms with E-state index in [4.69, 9.17) is 30.5 Å². The topological polar surface area (TPSA) is 110 Å². The summed E-state index contributed by atoms with van der Waals surface area (Å²) in [6, 6.07) is 12.0. The molecular formula is C42H57ClN4O7S. The highest BCUT2D eigenvalue weighted by Gasteiger charge is 2.50. The number of methoxy groups -OCH3 is 2. The zero-order valence-corrected chi connectivity index (χ0v) is 34.1. The van der Waals surface area contributed by atoms with Gasteiger partial charge in [-0.2, -0.15) is 0 Å². The van der Waals surface area contributed by atoms with Crippen molar-refractivity contribution in [2.45, 2.75) is 67.8 Å². The molecule has 300 valence electrons. The fourth-order valence-electron chi connectivity index (χ4n) is 10.5. The van der Waals surface area contributed by atoms with Crippen molar-refractivity contribution in [1.29, 1.82) is 0 Å². The first-order valence-corrected chi connectivity index (χ1v) is 22.1. The third kappa shape index (κ3) is 7.69. The van der Waals surface area contributed by atoms with Crippen molar-refractivity contribution in [3.05, 3.63) is 70.3 Å². The summed E-state index contributed by atoms with van der Waals surface area (Å²) in [6.07, 6.45) is 9.90. The zero-order valence-electron chi connectivity index (χ0n) is 32.5. The summed E-state index contributed by atoms with van der Waals surface area (Å²) in [4.78, 5) is 21.4. The van der Waals surface area contributed by atoms with Crippen LogP contribution in [-0.2, 0) is 36.1 Å². The smallest absolute Gasteiger partial charge is 0.264 e. The van der Waals surface area contributed by atoms with Crippen LogP contribution in [0, 0.1) is 17.8 Å². The van der Waals surface area contributed by atoms with Crippen LogP contribution in [0.4, 0.5) is 5.69 Å². The average Bonchev–Trinajstić information content (AvgIpc) is 3.31. The number of carbonyl (C=O) groups is 1. The number of hydrogen-bond acceptors (Lipinski definition) is 10. The standard InChI is InChI=1S/C42H57ClN4O7S/c1-29-6-4-15-42(52-3,27-45-16-17-46-18-19-53-24-34(46)23-45)36-11-8-32(36)22-47-26-41(14-5-7-30-20-33(43)10-12-35(30)41)28-54-38-13-9-31(21-37(38)47)40(48)44-55(49,50)39(29)25-51-2/h4,9-10,12-13,15,20-21,29,32,34,36,39H,5-8,11,14,16-19,22-28H2,1-3H3,(H,44,48)/b15-4+/t29-,32-,34-,36+,39?,41-,42-/m0/s1. The van der Waals surface area contributed by atoms with E-state index in [1.807, 2.05) is 32.2 Å². The summed E-state index contributed by atoms with van der Waals surface area (Å²) in [5.41, 5.74) is 2.76. The van der Waals surface area contributed by atoms with E-state index in [9.17, 15) is 13.2 Å². The number of carbonyl (C=O) groups excluding carboxylic acids is 1. The number of morpholine rings is 1. The maximum absolute atomic E-state index is 13.9. The van der Waals surface area contributed by atoms with Gasteiger partial charge in [-0.15, -0.1) is 0 Å². The fourth-order valence-corrected chi connectivity index (χ4v) is 12.2. The number of allylic oxidation sites excluding steroid dienone is 1. The van der Waals surface area contributed by atoms with Crippen LogP contribution in [0.15, 0.2) is 48.6 Å². The van der Waals surface area contributed by atoms with E-state index in [1.54, 1.807) is 6.07 Å². The largest absolute Gasteiger partial charge is 0.490 e. The van der Waals surface area contributed by atoms with E-state index in [-0.39, 0.29) is 29.4 Å². The number of sulfonamides is 1. The van der Waals surface area contributed by atoms with Crippen molar-refractivity contribution in [2.24, 2.45) is 17.8 Å². The first-order valence-electron chi connectivity index (χ1n) is 20.2. The Morgan fingerprint density at radius 1 is 1.07 bits per heavy atom. The summed E-state index contributed by atoms with van der Waals surface area (Å²) >= 11 is 6.52. The molecule has 55 heavy (non-hydrogen) atoms. The molecule has 1 saturated carbocycles. The van der Waals surface area contributed by atoms with Gasteiger partial charge in [-0.1, -0.05) is 36.7 Å². The summed E-state index contributed by atoms with van der Waals surface area (Å²) in [7, 11) is -0.769. The lowest BCUT2D eigenvalue weighted by molar-refractivity contribution is -0.108. The van der Waals surface area contributed by atoms with E-state index >= 15 is 0 Å². The summed E-state index contributed by atoms with van der Waals surface area (Å²) in [6.45, 7) is 9.98. The molecule has 7 atom stereocenters. The molecule has 2 aromatic carbocycles. The number of ether oxygens (including phenoxy) is 4. The van der Waals surface area contributed by atoms with Gasteiger partial charge in [0.25, 0.3) is 5.91 Å². The molecule has 8 rings (SSSR count). The minimum Gasteiger partial charge on any atom is -0.490 e. The third-order valence-electron chi connectivity index (χ3n) is 13.7. The lowest BCUT2D eigenvalue weighted by Crippen LogP contribution is -2.62. The molecule has 1 N–H and O–H groups in total. The quantitative estimate of drug-likeness (QED) is 0.420. The molecule has 0 radical (unpaired) electrons. The average molecular weight is 797 g/mol. The number of hydrogen-bond donors (Lipinski definition) is 1. The van der Waals surface area contributed by atoms with E-state index in [1.165, 1.54) is 18.2 Å². The Balaban J connectivity index is 1.20. The van der Waals surface area contributed by atoms with E-state index < -0.39 is 26.8 Å². The number of halogens is 1. The summed E-state index contributed by atoms with van der Waals surface area (Å²) in [5.74, 6) is 0.252. The van der Waals surface area contributed by atoms with Gasteiger partial charge in [0, 0.05) is 82.1 Å². The molecule has 2 bridgehead atoms. The lowest BCUT2D eigenvalue weighted by Gasteiger charge is -2.53. The zero-order chi connectivity index (χ0) is 38.4. The van der Waals surface area contributed by atoms with Gasteiger partial charge in [-0.05, 0) is 97.7 Å². The molecule has 6 aliphatic rings. The molecule has 1 spiro atoms. The number of nitrogens with zero attached hydrogens (tertiary/aromatic N) is 3. The molecule has 4 aliphatic heterocycles. The van der Waals surface area contributed by atoms with Crippen LogP contribution in [0.1, 0.15) is 60.5 Å². The van der Waals surface area contributed by atoms with Gasteiger partial charge in [0.05, 0.1) is 32.1 Å². The fraction of sp³-hybridized carbons (Fsp3) is 0.643. The number of rotatable bonds is 5. The van der Waals surface area contributed by atoms with Crippen LogP contribution in [0.5, 0.6) is 5.75 Å². The maximum Gasteiger partial charge on any atom is 0.264 e. The summed E-state index contributed by atoms with van der Waals surface area (Å²) < 4.78 is 55.1. The monoisotopic (exact) mass is 796 g/mol. The molecule has 4 heterocycles. The Kier molecular flexibility index (Phi) is 11.3. The molecule has 2 saturated heterocycles. The second kappa shape index (κ2) is 15.9. The number of fused-ring (bicyclic) bond motifs is 5. The molecule has 11 nitrogen and oxygen atoms in total. The highest BCUT2D eigenvalue weighted by Crippen LogP contribution is 2.49. The van der Waals surface area contributed by atoms with Gasteiger partial charge in [-0.25, -0.2) is 13.1 Å². The minimum absolute atomic E-state index is 0.0357. The van der Waals surface area contributed by atoms with Crippen molar-refractivity contribution in [3.63, 3.8) is 0 Å². The van der Waals surface area contributed by atoms with Crippen molar-refractivity contribution >= 4 is 33.2 Å². The second-order valence-electron chi connectivity index (χ2n) is 17.0. The highest BCUT2D eigenvalue weighted by atomic mass is 35.5. The van der Waals surface area contributed by atoms with Crippen LogP contribution in [-0.4, -0.2) is 127 Å². The molecular weight excluding hydrogens is 740 g/mol. The van der Waals surface area contributed by atoms with Gasteiger partial charge in [0.15, 0.2) is 0 Å². The Hall–Kier alpha value is -2.71. The number of aryl methyl sites for hydroxylation is 1. The van der Waals surface area contributed by atoms with Gasteiger partial charge >= 0.3 is 0 Å². The second-order valence-corrected chi connectivity index (χ2v) is 19.3. The SMILES string of the molecule is COCC1[C@@H](C)C/C=C/[C@@](CN2CCN3CCOC[C@@H]3C2)(OC)[C@@H]2CC[C@H]2CN2C[C@@]3(CCCc4cc(Cl)ccc43)COc3ccc(cc32)C(=O)NS1(=O)=O. The Labute approximate surface area is 331 Å². The van der Waals surface area contributed by atoms with Crippen LogP contribution in [0.2, 0.25) is 5.02 Å². The van der Waals surface area contributed by atoms with Crippen molar-refractivity contribution < 1.29 is 32.2 Å². The van der Waals surface area contributed by atoms with Crippen molar-refractivity contribution in [2.75, 3.05) is 91.4 Å². The van der Waals surface area contributed by atoms with Gasteiger partial charge < -0.3 is 23.8 Å². The normalized spacial score (nSPS) is 34.6. The predicted octanol–water partition coefficient (Wildman–Crippen LogP) is 4.91. The minimum atomic E-state index is -4.11. The highest BCUT2D eigenvalue weighted by molar-refractivity contribution is 7.90. The van der Waals surface area contributed by atoms with Crippen molar-refractivity contribution in [1.82, 2.24) is 14.5 Å². The lowest BCUT2D eigenvalue weighted by atomic mass is 9.63. The van der Waals surface area contributed by atoms with Gasteiger partial charge in [0.1, 0.15) is 16.6 Å². The number of piperazine rings is 1. The molecule has 2 aliphatic carbocycles. The van der Waals surface area contributed by atoms with Crippen LogP contribution >= 0.6 is 11.6 Å². The number of nitrogens with one attached hydrogen (secondary N) is 1. The summed E-state index contributed by atoms with van der Waals surface area (Å²) in [5, 5.41) is -0.197. The molecule has 3 fully saturated rings. The maximum atomic E-state index is 13.9. The number of benzene rings is 2. The Morgan fingerprint density at radius 2 is 1.95 bits per heavy atom. The predicted molar refractivity (Wildman–Crippen MR) is 214 cm³/mol. The van der Waals surface area contributed by atoms with E-state index in [0.29, 0.717) is 37.3 Å². The number of amides is 1.